The first-order valence-electron chi connectivity index (χ1n) is 5.39. The molecule has 1 amide bonds. The van der Waals surface area contributed by atoms with Crippen molar-refractivity contribution in [2.75, 3.05) is 18.5 Å². The van der Waals surface area contributed by atoms with Crippen LogP contribution < -0.4 is 10.5 Å². The lowest BCUT2D eigenvalue weighted by atomic mass is 9.92. The molecule has 0 bridgehead atoms. The minimum atomic E-state index is -3.98. The van der Waals surface area contributed by atoms with Gasteiger partial charge in [-0.05, 0) is 19.1 Å². The van der Waals surface area contributed by atoms with Crippen LogP contribution in [0.1, 0.15) is 6.92 Å². The van der Waals surface area contributed by atoms with Gasteiger partial charge in [-0.25, -0.2) is 13.6 Å². The minimum Gasteiger partial charge on any atom is -0.395 e. The van der Waals surface area contributed by atoms with E-state index in [1.807, 2.05) is 0 Å². The summed E-state index contributed by atoms with van der Waals surface area (Å²) in [5.74, 6) is -0.700. The van der Waals surface area contributed by atoms with E-state index in [-0.39, 0.29) is 10.6 Å². The fourth-order valence-electron chi connectivity index (χ4n) is 1.28. The monoisotopic (exact) mass is 288 g/mol. The van der Waals surface area contributed by atoms with Crippen LogP contribution in [0, 0.1) is 5.41 Å². The quantitative estimate of drug-likeness (QED) is 0.567. The number of primary sulfonamides is 1. The Labute approximate surface area is 111 Å². The molecule has 0 atom stereocenters. The number of nitrogens with two attached hydrogens (primary N) is 1. The Morgan fingerprint density at radius 3 is 2.32 bits per heavy atom. The number of sulfonamides is 1. The maximum Gasteiger partial charge on any atom is 0.240 e. The second-order valence-electron chi connectivity index (χ2n) is 4.37. The molecule has 0 aliphatic carbocycles. The molecule has 0 aliphatic heterocycles. The first-order valence-corrected chi connectivity index (χ1v) is 6.94. The van der Waals surface area contributed by atoms with Gasteiger partial charge in [-0.2, -0.15) is 0 Å². The topological polar surface area (TPSA) is 130 Å². The molecule has 0 fully saturated rings. The maximum absolute atomic E-state index is 11.9. The van der Waals surface area contributed by atoms with E-state index in [1.165, 1.54) is 31.2 Å². The van der Waals surface area contributed by atoms with Crippen LogP contribution in [0.4, 0.5) is 5.69 Å². The normalized spacial score (nSPS) is 12.2. The number of benzene rings is 1. The number of hydrogen-bond donors (Lipinski definition) is 4. The van der Waals surface area contributed by atoms with E-state index >= 15 is 0 Å². The van der Waals surface area contributed by atoms with Crippen molar-refractivity contribution < 1.29 is 23.4 Å². The largest absolute Gasteiger partial charge is 0.395 e. The molecule has 5 N–H and O–H groups in total. The van der Waals surface area contributed by atoms with Crippen molar-refractivity contribution in [1.82, 2.24) is 0 Å². The SMILES string of the molecule is CC(CO)(CO)C(=O)Nc1ccccc1S(N)(=O)=O. The average molecular weight is 288 g/mol. The van der Waals surface area contributed by atoms with Crippen LogP contribution in [-0.4, -0.2) is 37.8 Å². The van der Waals surface area contributed by atoms with Crippen molar-refractivity contribution in [3.63, 3.8) is 0 Å². The number of hydrogen-bond acceptors (Lipinski definition) is 5. The Kier molecular flexibility index (Phi) is 4.64. The van der Waals surface area contributed by atoms with Gasteiger partial charge < -0.3 is 15.5 Å². The summed E-state index contributed by atoms with van der Waals surface area (Å²) in [6.45, 7) is 0.196. The number of rotatable bonds is 5. The van der Waals surface area contributed by atoms with Crippen LogP contribution in [0.3, 0.4) is 0 Å². The van der Waals surface area contributed by atoms with E-state index in [4.69, 9.17) is 15.4 Å². The van der Waals surface area contributed by atoms with Crippen LogP contribution >= 0.6 is 0 Å². The molecule has 1 rings (SSSR count). The van der Waals surface area contributed by atoms with Gasteiger partial charge >= 0.3 is 0 Å². The summed E-state index contributed by atoms with van der Waals surface area (Å²) in [5.41, 5.74) is -1.41. The third-order valence-electron chi connectivity index (χ3n) is 2.69. The fourth-order valence-corrected chi connectivity index (χ4v) is 1.98. The molecule has 0 aliphatic rings. The first kappa shape index (κ1) is 15.6. The van der Waals surface area contributed by atoms with Crippen LogP contribution in [0.2, 0.25) is 0 Å². The molecule has 1 aromatic rings. The Morgan fingerprint density at radius 2 is 1.84 bits per heavy atom. The summed E-state index contributed by atoms with van der Waals surface area (Å²) >= 11 is 0. The number of aliphatic hydroxyl groups is 2. The zero-order valence-electron chi connectivity index (χ0n) is 10.3. The number of para-hydroxylation sites is 1. The highest BCUT2D eigenvalue weighted by Gasteiger charge is 2.32. The van der Waals surface area contributed by atoms with Gasteiger partial charge in [0.25, 0.3) is 0 Å². The van der Waals surface area contributed by atoms with Gasteiger partial charge in [-0.1, -0.05) is 12.1 Å². The third-order valence-corrected chi connectivity index (χ3v) is 3.66. The zero-order chi connectivity index (χ0) is 14.7. The fraction of sp³-hybridized carbons (Fsp3) is 0.364. The molecule has 0 heterocycles. The van der Waals surface area contributed by atoms with Gasteiger partial charge in [-0.15, -0.1) is 0 Å². The second-order valence-corrected chi connectivity index (χ2v) is 5.90. The van der Waals surface area contributed by atoms with E-state index in [2.05, 4.69) is 5.32 Å². The summed E-state index contributed by atoms with van der Waals surface area (Å²) in [5, 5.41) is 25.6. The number of carbonyl (C=O) groups is 1. The molecule has 0 unspecified atom stereocenters. The highest BCUT2D eigenvalue weighted by Crippen LogP contribution is 2.23. The summed E-state index contributed by atoms with van der Waals surface area (Å²) in [6, 6.07) is 5.61. The van der Waals surface area contributed by atoms with Crippen LogP contribution in [0.15, 0.2) is 29.2 Å². The molecule has 0 aromatic heterocycles. The van der Waals surface area contributed by atoms with Gasteiger partial charge in [0.1, 0.15) is 4.90 Å². The summed E-state index contributed by atoms with van der Waals surface area (Å²) < 4.78 is 22.7. The predicted octanol–water partition coefficient (Wildman–Crippen LogP) is -0.737. The Hall–Kier alpha value is -1.48. The van der Waals surface area contributed by atoms with Crippen molar-refractivity contribution in [2.24, 2.45) is 10.6 Å². The molecule has 7 nitrogen and oxygen atoms in total. The smallest absolute Gasteiger partial charge is 0.240 e. The summed E-state index contributed by atoms with van der Waals surface area (Å²) in [7, 11) is -3.98. The highest BCUT2D eigenvalue weighted by atomic mass is 32.2. The molecule has 0 saturated heterocycles. The molecule has 106 valence electrons. The van der Waals surface area contributed by atoms with Gasteiger partial charge in [-0.3, -0.25) is 4.79 Å². The van der Waals surface area contributed by atoms with E-state index in [1.54, 1.807) is 0 Å². The van der Waals surface area contributed by atoms with Gasteiger partial charge in [0, 0.05) is 0 Å². The molecule has 8 heteroatoms. The molecular weight excluding hydrogens is 272 g/mol. The first-order chi connectivity index (χ1) is 8.74. The minimum absolute atomic E-state index is 0.00289. The van der Waals surface area contributed by atoms with Crippen molar-refractivity contribution in [3.05, 3.63) is 24.3 Å². The average Bonchev–Trinajstić information content (AvgIpc) is 2.37. The molecule has 0 radical (unpaired) electrons. The molecule has 19 heavy (non-hydrogen) atoms. The molecule has 0 spiro atoms. The van der Waals surface area contributed by atoms with Crippen molar-refractivity contribution in [2.45, 2.75) is 11.8 Å². The highest BCUT2D eigenvalue weighted by molar-refractivity contribution is 7.89. The predicted molar refractivity (Wildman–Crippen MR) is 68.7 cm³/mol. The Morgan fingerprint density at radius 1 is 1.32 bits per heavy atom. The van der Waals surface area contributed by atoms with E-state index < -0.39 is 34.6 Å². The Balaban J connectivity index is 3.11. The summed E-state index contributed by atoms with van der Waals surface area (Å²) in [6.07, 6.45) is 0. The number of carbonyl (C=O) groups excluding carboxylic acids is 1. The van der Waals surface area contributed by atoms with Gasteiger partial charge in [0.2, 0.25) is 15.9 Å². The number of anilines is 1. The van der Waals surface area contributed by atoms with Gasteiger partial charge in [0.15, 0.2) is 0 Å². The van der Waals surface area contributed by atoms with Crippen molar-refractivity contribution in [3.8, 4) is 0 Å². The summed E-state index contributed by atoms with van der Waals surface area (Å²) in [4.78, 5) is 11.7. The van der Waals surface area contributed by atoms with E-state index in [0.29, 0.717) is 0 Å². The third kappa shape index (κ3) is 3.51. The standard InChI is InChI=1S/C11H16N2O5S/c1-11(6-14,7-15)10(16)13-8-4-2-3-5-9(8)19(12,17)18/h2-5,14-15H,6-7H2,1H3,(H,13,16)(H2,12,17,18). The number of nitrogens with one attached hydrogen (secondary N) is 1. The lowest BCUT2D eigenvalue weighted by molar-refractivity contribution is -0.129. The lowest BCUT2D eigenvalue weighted by Gasteiger charge is -2.23. The lowest BCUT2D eigenvalue weighted by Crippen LogP contribution is -2.40. The molecule has 0 saturated carbocycles. The molecular formula is C11H16N2O5S. The van der Waals surface area contributed by atoms with Crippen molar-refractivity contribution >= 4 is 21.6 Å². The zero-order valence-corrected chi connectivity index (χ0v) is 11.1. The maximum atomic E-state index is 11.9. The second kappa shape index (κ2) is 5.66. The van der Waals surface area contributed by atoms with E-state index in [0.717, 1.165) is 0 Å². The van der Waals surface area contributed by atoms with Crippen LogP contribution in [0.25, 0.3) is 0 Å². The Bertz CT molecular complexity index is 566. The number of amides is 1. The van der Waals surface area contributed by atoms with Gasteiger partial charge in [0.05, 0.1) is 24.3 Å². The number of aliphatic hydroxyl groups excluding tert-OH is 2. The van der Waals surface area contributed by atoms with E-state index in [9.17, 15) is 13.2 Å². The van der Waals surface area contributed by atoms with Crippen LogP contribution in [0.5, 0.6) is 0 Å². The van der Waals surface area contributed by atoms with Crippen LogP contribution in [-0.2, 0) is 14.8 Å². The molecule has 1 aromatic carbocycles. The van der Waals surface area contributed by atoms with Crippen molar-refractivity contribution in [1.29, 1.82) is 0 Å².